The maximum atomic E-state index is 3.90. The molecule has 8 bridgehead atoms. The van der Waals surface area contributed by atoms with Crippen LogP contribution in [0.2, 0.25) is 0 Å². The summed E-state index contributed by atoms with van der Waals surface area (Å²) >= 11 is 0. The Morgan fingerprint density at radius 2 is 0.750 bits per heavy atom. The highest BCUT2D eigenvalue weighted by Crippen LogP contribution is 2.60. The topological polar surface area (TPSA) is 24.1 Å². The molecule has 0 atom stereocenters. The molecule has 2 nitrogen and oxygen atoms in total. The molecule has 0 aromatic heterocycles. The molecule has 0 aromatic carbocycles. The van der Waals surface area contributed by atoms with Crippen molar-refractivity contribution in [2.24, 2.45) is 46.3 Å². The molecule has 158 valence electrons. The van der Waals surface area contributed by atoms with Gasteiger partial charge in [-0.3, -0.25) is 0 Å². The van der Waals surface area contributed by atoms with Gasteiger partial charge in [0.25, 0.3) is 0 Å². The van der Waals surface area contributed by atoms with E-state index in [-0.39, 0.29) is 0 Å². The quantitative estimate of drug-likeness (QED) is 0.522. The van der Waals surface area contributed by atoms with E-state index in [9.17, 15) is 0 Å². The Bertz CT molecular complexity index is 446. The monoisotopic (exact) mass is 384 g/mol. The molecule has 2 heteroatoms. The van der Waals surface area contributed by atoms with Crippen LogP contribution < -0.4 is 10.6 Å². The lowest BCUT2D eigenvalue weighted by Gasteiger charge is -2.57. The van der Waals surface area contributed by atoms with Crippen molar-refractivity contribution in [1.29, 1.82) is 0 Å². The van der Waals surface area contributed by atoms with E-state index >= 15 is 0 Å². The summed E-state index contributed by atoms with van der Waals surface area (Å²) in [6.07, 6.45) is 21.5. The fourth-order valence-corrected chi connectivity index (χ4v) is 10.2. The molecule has 2 N–H and O–H groups in total. The van der Waals surface area contributed by atoms with Crippen LogP contribution in [0.25, 0.3) is 0 Å². The van der Waals surface area contributed by atoms with Crippen molar-refractivity contribution in [3.63, 3.8) is 0 Å². The second-order valence-corrected chi connectivity index (χ2v) is 12.9. The lowest BCUT2D eigenvalue weighted by atomic mass is 9.49. The van der Waals surface area contributed by atoms with Gasteiger partial charge in [-0.05, 0) is 149 Å². The van der Waals surface area contributed by atoms with E-state index in [1.54, 1.807) is 77.0 Å². The van der Waals surface area contributed by atoms with Crippen LogP contribution in [0.5, 0.6) is 0 Å². The predicted molar refractivity (Wildman–Crippen MR) is 116 cm³/mol. The zero-order valence-corrected chi connectivity index (χ0v) is 18.2. The number of nitrogens with one attached hydrogen (secondary N) is 2. The Labute approximate surface area is 173 Å². The summed E-state index contributed by atoms with van der Waals surface area (Å²) in [5, 5.41) is 7.80. The first kappa shape index (κ1) is 18.7. The molecular formula is C26H44N2. The molecule has 8 aliphatic carbocycles. The summed E-state index contributed by atoms with van der Waals surface area (Å²) in [6.45, 7) is 5.16. The smallest absolute Gasteiger partial charge is 0.000811 e. The Balaban J connectivity index is 0.872. The largest absolute Gasteiger partial charge is 0.316 e. The Morgan fingerprint density at radius 1 is 0.464 bits per heavy atom. The second-order valence-electron chi connectivity index (χ2n) is 12.9. The summed E-state index contributed by atoms with van der Waals surface area (Å²) in [5.74, 6) is 6.59. The van der Waals surface area contributed by atoms with Gasteiger partial charge in [0, 0.05) is 13.1 Å². The number of rotatable bonds is 9. The van der Waals surface area contributed by atoms with Crippen molar-refractivity contribution in [2.45, 2.75) is 89.9 Å². The summed E-state index contributed by atoms with van der Waals surface area (Å²) in [4.78, 5) is 0. The van der Waals surface area contributed by atoms with Crippen molar-refractivity contribution in [1.82, 2.24) is 10.6 Å². The van der Waals surface area contributed by atoms with Gasteiger partial charge in [0.05, 0.1) is 0 Å². The van der Waals surface area contributed by atoms with E-state index in [0.717, 1.165) is 35.5 Å². The van der Waals surface area contributed by atoms with Crippen LogP contribution in [0.4, 0.5) is 0 Å². The summed E-state index contributed by atoms with van der Waals surface area (Å²) in [7, 11) is 0. The molecule has 0 unspecified atom stereocenters. The molecule has 8 saturated carbocycles. The molecule has 8 fully saturated rings. The van der Waals surface area contributed by atoms with Crippen LogP contribution in [0.1, 0.15) is 89.9 Å². The molecule has 0 heterocycles. The van der Waals surface area contributed by atoms with Gasteiger partial charge in [-0.15, -0.1) is 0 Å². The maximum absolute atomic E-state index is 3.90. The number of unbranched alkanes of at least 4 members (excludes halogenated alkanes) is 1. The van der Waals surface area contributed by atoms with Crippen molar-refractivity contribution in [3.8, 4) is 0 Å². The second kappa shape index (κ2) is 7.26. The van der Waals surface area contributed by atoms with Gasteiger partial charge in [-0.1, -0.05) is 0 Å². The van der Waals surface area contributed by atoms with Crippen LogP contribution in [0.15, 0.2) is 0 Å². The third-order valence-electron chi connectivity index (χ3n) is 10.3. The van der Waals surface area contributed by atoms with Crippen molar-refractivity contribution in [3.05, 3.63) is 0 Å². The third-order valence-corrected chi connectivity index (χ3v) is 10.3. The normalized spacial score (nSPS) is 50.6. The Morgan fingerprint density at radius 3 is 1.04 bits per heavy atom. The van der Waals surface area contributed by atoms with Gasteiger partial charge in [-0.2, -0.15) is 0 Å². The zero-order chi connectivity index (χ0) is 18.6. The highest BCUT2D eigenvalue weighted by molar-refractivity contribution is 5.03. The zero-order valence-electron chi connectivity index (χ0n) is 18.2. The average Bonchev–Trinajstić information content (AvgIpc) is 2.61. The van der Waals surface area contributed by atoms with Gasteiger partial charge >= 0.3 is 0 Å². The van der Waals surface area contributed by atoms with Crippen LogP contribution in [-0.2, 0) is 0 Å². The van der Waals surface area contributed by atoms with E-state index in [4.69, 9.17) is 0 Å². The molecule has 0 saturated heterocycles. The predicted octanol–water partition coefficient (Wildman–Crippen LogP) is 5.38. The minimum absolute atomic E-state index is 0.714. The van der Waals surface area contributed by atoms with Gasteiger partial charge < -0.3 is 10.6 Å². The summed E-state index contributed by atoms with van der Waals surface area (Å²) < 4.78 is 0. The molecule has 0 aromatic rings. The van der Waals surface area contributed by atoms with Gasteiger partial charge in [-0.25, -0.2) is 0 Å². The average molecular weight is 385 g/mol. The fraction of sp³-hybridized carbons (Fsp3) is 1.00. The molecule has 0 amide bonds. The number of hydrogen-bond acceptors (Lipinski definition) is 2. The van der Waals surface area contributed by atoms with Crippen LogP contribution in [0.3, 0.4) is 0 Å². The van der Waals surface area contributed by atoms with Crippen molar-refractivity contribution >= 4 is 0 Å². The lowest BCUT2D eigenvalue weighted by molar-refractivity contribution is -0.0517. The minimum Gasteiger partial charge on any atom is -0.316 e. The summed E-state index contributed by atoms with van der Waals surface area (Å²) in [5.41, 5.74) is 1.43. The molecule has 8 rings (SSSR count). The summed E-state index contributed by atoms with van der Waals surface area (Å²) in [6, 6.07) is 0. The maximum Gasteiger partial charge on any atom is 0.000811 e. The standard InChI is InChI=1S/C26H44N2/c1(3-27-17-25-11-19-5-20(12-25)7-21(6-19)13-25)2-4-28-18-26-14-22-8-23(15-26)10-24(9-22)16-26/h19-24,27-28H,1-18H2. The van der Waals surface area contributed by atoms with E-state index in [1.165, 1.54) is 39.0 Å². The van der Waals surface area contributed by atoms with Crippen LogP contribution in [0, 0.1) is 46.3 Å². The van der Waals surface area contributed by atoms with Gasteiger partial charge in [0.15, 0.2) is 0 Å². The first-order valence-corrected chi connectivity index (χ1v) is 13.1. The fourth-order valence-electron chi connectivity index (χ4n) is 10.2. The van der Waals surface area contributed by atoms with E-state index < -0.39 is 0 Å². The highest BCUT2D eigenvalue weighted by atomic mass is 14.9. The van der Waals surface area contributed by atoms with Crippen LogP contribution in [-0.4, -0.2) is 26.2 Å². The first-order valence-electron chi connectivity index (χ1n) is 13.1. The van der Waals surface area contributed by atoms with Crippen molar-refractivity contribution < 1.29 is 0 Å². The molecule has 0 radical (unpaired) electrons. The SMILES string of the molecule is C(CCNCC12CC3CC(CC(C3)C1)C2)CNCC12CC3CC(CC(C3)C1)C2. The minimum atomic E-state index is 0.714. The molecule has 0 aliphatic heterocycles. The Kier molecular flexibility index (Phi) is 4.84. The molecule has 8 aliphatic rings. The highest BCUT2D eigenvalue weighted by Gasteiger charge is 2.51. The van der Waals surface area contributed by atoms with Gasteiger partial charge in [0.1, 0.15) is 0 Å². The first-order chi connectivity index (χ1) is 13.7. The Hall–Kier alpha value is -0.0800. The third kappa shape index (κ3) is 3.59. The molecule has 0 spiro atoms. The van der Waals surface area contributed by atoms with E-state index in [2.05, 4.69) is 10.6 Å². The molecular weight excluding hydrogens is 340 g/mol. The van der Waals surface area contributed by atoms with Gasteiger partial charge in [0.2, 0.25) is 0 Å². The van der Waals surface area contributed by atoms with E-state index in [0.29, 0.717) is 10.8 Å². The number of hydrogen-bond donors (Lipinski definition) is 2. The van der Waals surface area contributed by atoms with Crippen LogP contribution >= 0.6 is 0 Å². The molecule has 28 heavy (non-hydrogen) atoms. The van der Waals surface area contributed by atoms with E-state index in [1.807, 2.05) is 0 Å². The van der Waals surface area contributed by atoms with Crippen molar-refractivity contribution in [2.75, 3.05) is 26.2 Å². The lowest BCUT2D eigenvalue weighted by Crippen LogP contribution is -2.50.